The highest BCUT2D eigenvalue weighted by Crippen LogP contribution is 2.58. The van der Waals surface area contributed by atoms with Crippen LogP contribution < -0.4 is 78.4 Å². The molecule has 3 N–H and O–H groups in total. The second-order valence-electron chi connectivity index (χ2n) is 22.1. The van der Waals surface area contributed by atoms with Crippen LogP contribution in [0.4, 0.5) is 0 Å². The highest BCUT2D eigenvalue weighted by molar-refractivity contribution is 7.96. The summed E-state index contributed by atoms with van der Waals surface area (Å²) < 4.78 is 8.55. The van der Waals surface area contributed by atoms with Crippen molar-refractivity contribution in [2.24, 2.45) is 0 Å². The van der Waals surface area contributed by atoms with Crippen LogP contribution in [0, 0.1) is 0 Å². The molecule has 0 radical (unpaired) electrons. The summed E-state index contributed by atoms with van der Waals surface area (Å²) in [4.78, 5) is 25.6. The fourth-order valence-electron chi connectivity index (χ4n) is 11.5. The van der Waals surface area contributed by atoms with Crippen LogP contribution in [-0.4, -0.2) is 54.7 Å². The van der Waals surface area contributed by atoms with Crippen molar-refractivity contribution in [2.45, 2.75) is 98.6 Å². The quantitative estimate of drug-likeness (QED) is 0.0613. The fourth-order valence-corrected chi connectivity index (χ4v) is 25.0. The molecule has 83 heavy (non-hydrogen) atoms. The van der Waals surface area contributed by atoms with Gasteiger partial charge in [-0.05, 0) is 130 Å². The monoisotopic (exact) mass is 1180 g/mol. The Hall–Kier alpha value is -5.74. The van der Waals surface area contributed by atoms with E-state index in [9.17, 15) is 0 Å². The largest absolute Gasteiger partial charge is 0.822 e. The van der Waals surface area contributed by atoms with Crippen LogP contribution in [0.2, 0.25) is 0 Å². The summed E-state index contributed by atoms with van der Waals surface area (Å²) >= 11 is 0. The van der Waals surface area contributed by atoms with Crippen molar-refractivity contribution in [2.75, 3.05) is 18.5 Å². The third-order valence-electron chi connectivity index (χ3n) is 14.3. The van der Waals surface area contributed by atoms with E-state index >= 15 is 0 Å². The Bertz CT molecular complexity index is 2590. The van der Waals surface area contributed by atoms with E-state index in [1.807, 2.05) is 0 Å². The molecule has 434 valence electrons. The minimum atomic E-state index is -5.39. The van der Waals surface area contributed by atoms with E-state index in [1.165, 1.54) is 47.7 Å². The van der Waals surface area contributed by atoms with E-state index < -0.39 is 29.6 Å². The van der Waals surface area contributed by atoms with E-state index in [0.717, 1.165) is 18.5 Å². The molecule has 0 spiro atoms. The van der Waals surface area contributed by atoms with Gasteiger partial charge in [0.1, 0.15) is 69.5 Å². The normalized spacial score (nSPS) is 12.9. The van der Waals surface area contributed by atoms with Crippen LogP contribution in [-0.2, 0) is 4.57 Å². The predicted octanol–water partition coefficient (Wildman–Crippen LogP) is 10.3. The first-order valence-electron chi connectivity index (χ1n) is 29.0. The standard InChI is InChI=1S/3C24H29NP.H3O4P/c3*1-20(2)25-21(3)19-26(22-13-7-4-8-14-22,23-15-9-5-10-16-23)24-17-11-6-12-18-24;1-5(2,3)4/h3*4-18,20-21,25H,19H2,1-3H3;(H3,1,2,3,4)/q3*+1;/p-3. The average Bonchev–Trinajstić information content (AvgIpc) is 2.27. The second-order valence-corrected chi connectivity index (χ2v) is 33.6. The lowest BCUT2D eigenvalue weighted by Crippen LogP contribution is -2.42. The molecule has 0 aliphatic heterocycles. The van der Waals surface area contributed by atoms with Crippen molar-refractivity contribution < 1.29 is 19.2 Å². The number of rotatable bonds is 21. The van der Waals surface area contributed by atoms with Gasteiger partial charge in [-0.25, -0.2) is 0 Å². The number of phosphoric acid groups is 1. The molecule has 9 aromatic carbocycles. The van der Waals surface area contributed by atoms with Crippen LogP contribution in [0.15, 0.2) is 273 Å². The molecule has 11 heteroatoms. The van der Waals surface area contributed by atoms with Crippen molar-refractivity contribution in [1.29, 1.82) is 0 Å². The fraction of sp³-hybridized carbons (Fsp3) is 0.250. The van der Waals surface area contributed by atoms with Gasteiger partial charge in [0.05, 0.1) is 18.5 Å². The zero-order valence-electron chi connectivity index (χ0n) is 50.0. The number of hydrogen-bond donors (Lipinski definition) is 3. The molecular weight excluding hydrogens is 1090 g/mol. The highest BCUT2D eigenvalue weighted by Gasteiger charge is 2.49. The second kappa shape index (κ2) is 33.1. The van der Waals surface area contributed by atoms with Crippen LogP contribution in [0.3, 0.4) is 0 Å². The van der Waals surface area contributed by atoms with E-state index in [0.29, 0.717) is 36.3 Å². The molecule has 9 rings (SSSR count). The Balaban J connectivity index is 0.000000192. The third-order valence-corrected chi connectivity index (χ3v) is 28.2. The lowest BCUT2D eigenvalue weighted by Gasteiger charge is -2.36. The first-order chi connectivity index (χ1) is 39.9. The maximum Gasteiger partial charge on any atom is 0.113 e. The van der Waals surface area contributed by atoms with E-state index in [4.69, 9.17) is 19.2 Å². The number of hydrogen-bond acceptors (Lipinski definition) is 7. The Labute approximate surface area is 499 Å². The van der Waals surface area contributed by atoms with Crippen LogP contribution in [0.1, 0.15) is 62.3 Å². The van der Waals surface area contributed by atoms with Gasteiger partial charge in [0.25, 0.3) is 0 Å². The molecule has 0 saturated heterocycles. The smallest absolute Gasteiger partial charge is 0.113 e. The Morgan fingerprint density at radius 3 is 0.470 bits per heavy atom. The van der Waals surface area contributed by atoms with Gasteiger partial charge in [-0.1, -0.05) is 205 Å². The summed E-state index contributed by atoms with van der Waals surface area (Å²) in [6, 6.07) is 103. The van der Waals surface area contributed by atoms with Gasteiger partial charge in [-0.15, -0.1) is 0 Å². The van der Waals surface area contributed by atoms with Crippen LogP contribution in [0.25, 0.3) is 0 Å². The highest BCUT2D eigenvalue weighted by atomic mass is 31.2. The summed E-state index contributed by atoms with van der Waals surface area (Å²) in [5.41, 5.74) is 0. The molecule has 0 saturated carbocycles. The van der Waals surface area contributed by atoms with Crippen LogP contribution >= 0.6 is 29.6 Å². The van der Waals surface area contributed by atoms with Gasteiger partial charge < -0.3 is 35.2 Å². The first kappa shape index (κ1) is 66.4. The molecule has 9 aromatic rings. The van der Waals surface area contributed by atoms with Gasteiger partial charge in [0.2, 0.25) is 0 Å². The summed E-state index contributed by atoms with van der Waals surface area (Å²) in [6.07, 6.45) is 3.34. The summed E-state index contributed by atoms with van der Waals surface area (Å²) in [5.74, 6) is 0. The zero-order valence-corrected chi connectivity index (χ0v) is 53.6. The maximum absolute atomic E-state index is 8.55. The molecule has 0 aromatic heterocycles. The van der Waals surface area contributed by atoms with Crippen molar-refractivity contribution >= 4 is 77.4 Å². The summed E-state index contributed by atoms with van der Waals surface area (Å²) in [5, 5.41) is 24.3. The molecule has 0 fully saturated rings. The van der Waals surface area contributed by atoms with Crippen molar-refractivity contribution in [3.05, 3.63) is 273 Å². The molecule has 3 unspecified atom stereocenters. The molecule has 0 bridgehead atoms. The molecule has 0 heterocycles. The predicted molar refractivity (Wildman–Crippen MR) is 361 cm³/mol. The van der Waals surface area contributed by atoms with E-state index in [2.05, 4.69) is 351 Å². The van der Waals surface area contributed by atoms with Gasteiger partial charge in [-0.2, -0.15) is 7.82 Å². The van der Waals surface area contributed by atoms with Crippen molar-refractivity contribution in [3.8, 4) is 0 Å². The first-order valence-corrected chi connectivity index (χ1v) is 36.4. The van der Waals surface area contributed by atoms with Crippen molar-refractivity contribution in [1.82, 2.24) is 16.0 Å². The molecule has 0 amide bonds. The van der Waals surface area contributed by atoms with Gasteiger partial charge >= 0.3 is 0 Å². The molecular formula is C72H87N3O4P4. The maximum atomic E-state index is 8.55. The molecule has 0 aliphatic carbocycles. The van der Waals surface area contributed by atoms with Gasteiger partial charge in [0, 0.05) is 36.3 Å². The Morgan fingerprint density at radius 2 is 0.373 bits per heavy atom. The van der Waals surface area contributed by atoms with Gasteiger partial charge in [0.15, 0.2) is 0 Å². The number of nitrogens with one attached hydrogen (secondary N) is 3. The molecule has 7 nitrogen and oxygen atoms in total. The topological polar surface area (TPSA) is 122 Å². The van der Waals surface area contributed by atoms with E-state index in [1.54, 1.807) is 0 Å². The van der Waals surface area contributed by atoms with Crippen LogP contribution in [0.5, 0.6) is 0 Å². The third kappa shape index (κ3) is 19.4. The SMILES string of the molecule is CC(C)NC(C)C[P+](c1ccccc1)(c1ccccc1)c1ccccc1.CC(C)NC(C)C[P+](c1ccccc1)(c1ccccc1)c1ccccc1.CC(C)NC(C)C[P+](c1ccccc1)(c1ccccc1)c1ccccc1.O=P([O-])([O-])[O-]. The average molecular weight is 1180 g/mol. The lowest BCUT2D eigenvalue weighted by molar-refractivity contribution is -0.432. The van der Waals surface area contributed by atoms with Gasteiger partial charge in [-0.3, -0.25) is 0 Å². The van der Waals surface area contributed by atoms with E-state index in [-0.39, 0.29) is 0 Å². The Morgan fingerprint density at radius 1 is 0.265 bits per heavy atom. The lowest BCUT2D eigenvalue weighted by atomic mass is 10.3. The molecule has 0 aliphatic rings. The summed E-state index contributed by atoms with van der Waals surface area (Å²) in [7, 11) is -10.6. The minimum Gasteiger partial charge on any atom is -0.822 e. The minimum absolute atomic E-state index is 0.434. The Kier molecular flexibility index (Phi) is 26.5. The number of benzene rings is 9. The summed E-state index contributed by atoms with van der Waals surface area (Å²) in [6.45, 7) is 20.3. The molecule has 3 atom stereocenters. The zero-order chi connectivity index (χ0) is 59.7. The van der Waals surface area contributed by atoms with Crippen molar-refractivity contribution in [3.63, 3.8) is 0 Å².